The van der Waals surface area contributed by atoms with E-state index in [1.807, 2.05) is 30.3 Å². The van der Waals surface area contributed by atoms with Gasteiger partial charge in [-0.05, 0) is 42.8 Å². The van der Waals surface area contributed by atoms with E-state index >= 15 is 0 Å². The van der Waals surface area contributed by atoms with Crippen molar-refractivity contribution in [3.8, 4) is 0 Å². The van der Waals surface area contributed by atoms with Crippen LogP contribution in [0, 0.1) is 0 Å². The van der Waals surface area contributed by atoms with Gasteiger partial charge in [0.15, 0.2) is 0 Å². The SMILES string of the molecule is CC(CCc1cc2ccccc2[nH]1)NCC(O)c1ccccc1. The number of aryl methyl sites for hydroxylation is 1. The molecule has 0 saturated carbocycles. The number of nitrogens with one attached hydrogen (secondary N) is 2. The van der Waals surface area contributed by atoms with Crippen molar-refractivity contribution in [3.05, 3.63) is 71.9 Å². The summed E-state index contributed by atoms with van der Waals surface area (Å²) in [5.41, 5.74) is 3.42. The summed E-state index contributed by atoms with van der Waals surface area (Å²) in [5.74, 6) is 0. The van der Waals surface area contributed by atoms with E-state index in [2.05, 4.69) is 47.6 Å². The van der Waals surface area contributed by atoms with E-state index in [1.165, 1.54) is 16.6 Å². The van der Waals surface area contributed by atoms with Crippen LogP contribution in [0.15, 0.2) is 60.7 Å². The molecule has 0 aliphatic rings. The molecule has 3 heteroatoms. The van der Waals surface area contributed by atoms with Crippen molar-refractivity contribution >= 4 is 10.9 Å². The molecule has 0 fully saturated rings. The number of aliphatic hydroxyl groups is 1. The molecule has 1 aromatic heterocycles. The molecule has 0 bridgehead atoms. The number of H-pyrrole nitrogens is 1. The Bertz CT molecular complexity index is 702. The molecule has 3 N–H and O–H groups in total. The number of aromatic amines is 1. The van der Waals surface area contributed by atoms with Crippen LogP contribution >= 0.6 is 0 Å². The summed E-state index contributed by atoms with van der Waals surface area (Å²) < 4.78 is 0. The highest BCUT2D eigenvalue weighted by atomic mass is 16.3. The first-order chi connectivity index (χ1) is 11.2. The lowest BCUT2D eigenvalue weighted by Crippen LogP contribution is -2.30. The van der Waals surface area contributed by atoms with E-state index in [-0.39, 0.29) is 0 Å². The van der Waals surface area contributed by atoms with Gasteiger partial charge in [0.2, 0.25) is 0 Å². The Morgan fingerprint density at radius 1 is 1.04 bits per heavy atom. The zero-order chi connectivity index (χ0) is 16.1. The van der Waals surface area contributed by atoms with Gasteiger partial charge >= 0.3 is 0 Å². The summed E-state index contributed by atoms with van der Waals surface area (Å²) in [6.07, 6.45) is 1.59. The van der Waals surface area contributed by atoms with Crippen molar-refractivity contribution in [2.75, 3.05) is 6.54 Å². The van der Waals surface area contributed by atoms with Gasteiger partial charge in [-0.15, -0.1) is 0 Å². The van der Waals surface area contributed by atoms with Crippen LogP contribution in [0.4, 0.5) is 0 Å². The van der Waals surface area contributed by atoms with E-state index in [0.29, 0.717) is 12.6 Å². The van der Waals surface area contributed by atoms with Crippen molar-refractivity contribution in [1.82, 2.24) is 10.3 Å². The van der Waals surface area contributed by atoms with Crippen LogP contribution in [0.25, 0.3) is 10.9 Å². The summed E-state index contributed by atoms with van der Waals surface area (Å²) >= 11 is 0. The van der Waals surface area contributed by atoms with Gasteiger partial charge in [-0.25, -0.2) is 0 Å². The molecule has 3 aromatic rings. The number of aromatic nitrogens is 1. The number of fused-ring (bicyclic) bond motifs is 1. The number of hydrogen-bond donors (Lipinski definition) is 3. The molecule has 2 aromatic carbocycles. The van der Waals surface area contributed by atoms with Crippen LogP contribution < -0.4 is 5.32 Å². The molecule has 0 spiro atoms. The van der Waals surface area contributed by atoms with Crippen molar-refractivity contribution in [2.24, 2.45) is 0 Å². The van der Waals surface area contributed by atoms with E-state index < -0.39 is 6.10 Å². The minimum Gasteiger partial charge on any atom is -0.387 e. The largest absolute Gasteiger partial charge is 0.387 e. The summed E-state index contributed by atoms with van der Waals surface area (Å²) in [4.78, 5) is 3.46. The predicted molar refractivity (Wildman–Crippen MR) is 95.5 cm³/mol. The Morgan fingerprint density at radius 3 is 2.57 bits per heavy atom. The lowest BCUT2D eigenvalue weighted by molar-refractivity contribution is 0.170. The number of rotatable bonds is 7. The minimum absolute atomic E-state index is 0.361. The van der Waals surface area contributed by atoms with E-state index in [4.69, 9.17) is 0 Å². The van der Waals surface area contributed by atoms with Crippen molar-refractivity contribution in [2.45, 2.75) is 31.9 Å². The molecule has 23 heavy (non-hydrogen) atoms. The molecule has 3 nitrogen and oxygen atoms in total. The first kappa shape index (κ1) is 15.8. The van der Waals surface area contributed by atoms with Crippen LogP contribution in [-0.4, -0.2) is 22.7 Å². The third-order valence-electron chi connectivity index (χ3n) is 4.28. The van der Waals surface area contributed by atoms with Gasteiger partial charge in [0, 0.05) is 23.8 Å². The summed E-state index contributed by atoms with van der Waals surface area (Å²) in [6.45, 7) is 2.75. The van der Waals surface area contributed by atoms with Gasteiger partial charge in [0.25, 0.3) is 0 Å². The lowest BCUT2D eigenvalue weighted by atomic mass is 10.1. The smallest absolute Gasteiger partial charge is 0.0914 e. The van der Waals surface area contributed by atoms with Crippen molar-refractivity contribution in [1.29, 1.82) is 0 Å². The maximum atomic E-state index is 10.2. The maximum absolute atomic E-state index is 10.2. The number of benzene rings is 2. The molecule has 2 atom stereocenters. The molecule has 120 valence electrons. The molecular weight excluding hydrogens is 284 g/mol. The topological polar surface area (TPSA) is 48.0 Å². The van der Waals surface area contributed by atoms with Gasteiger partial charge in [-0.2, -0.15) is 0 Å². The van der Waals surface area contributed by atoms with E-state index in [0.717, 1.165) is 18.4 Å². The summed E-state index contributed by atoms with van der Waals surface area (Å²) in [7, 11) is 0. The molecule has 0 aliphatic carbocycles. The highest BCUT2D eigenvalue weighted by Crippen LogP contribution is 2.16. The average Bonchev–Trinajstić information content (AvgIpc) is 3.01. The maximum Gasteiger partial charge on any atom is 0.0914 e. The minimum atomic E-state index is -0.452. The predicted octanol–water partition coefficient (Wildman–Crippen LogP) is 3.81. The molecule has 0 radical (unpaired) electrons. The monoisotopic (exact) mass is 308 g/mol. The average molecular weight is 308 g/mol. The molecule has 0 saturated heterocycles. The molecular formula is C20H24N2O. The zero-order valence-corrected chi connectivity index (χ0v) is 13.5. The van der Waals surface area contributed by atoms with Crippen molar-refractivity contribution < 1.29 is 5.11 Å². The van der Waals surface area contributed by atoms with Crippen LogP contribution in [0.5, 0.6) is 0 Å². The van der Waals surface area contributed by atoms with Gasteiger partial charge in [-0.3, -0.25) is 0 Å². The van der Waals surface area contributed by atoms with E-state index in [1.54, 1.807) is 0 Å². The number of aliphatic hydroxyl groups excluding tert-OH is 1. The normalized spacial score (nSPS) is 14.0. The van der Waals surface area contributed by atoms with E-state index in [9.17, 15) is 5.11 Å². The Hall–Kier alpha value is -2.10. The highest BCUT2D eigenvalue weighted by Gasteiger charge is 2.09. The second-order valence-corrected chi connectivity index (χ2v) is 6.16. The first-order valence-corrected chi connectivity index (χ1v) is 8.25. The number of para-hydroxylation sites is 1. The van der Waals surface area contributed by atoms with Crippen LogP contribution in [0.1, 0.15) is 30.7 Å². The second-order valence-electron chi connectivity index (χ2n) is 6.16. The van der Waals surface area contributed by atoms with Gasteiger partial charge in [0.1, 0.15) is 0 Å². The second kappa shape index (κ2) is 7.44. The lowest BCUT2D eigenvalue weighted by Gasteiger charge is -2.17. The quantitative estimate of drug-likeness (QED) is 0.621. The molecule has 0 amide bonds. The van der Waals surface area contributed by atoms with Gasteiger partial charge < -0.3 is 15.4 Å². The van der Waals surface area contributed by atoms with Crippen molar-refractivity contribution in [3.63, 3.8) is 0 Å². The van der Waals surface area contributed by atoms with Gasteiger partial charge in [-0.1, -0.05) is 48.5 Å². The third kappa shape index (κ3) is 4.21. The van der Waals surface area contributed by atoms with Crippen LogP contribution in [0.2, 0.25) is 0 Å². The molecule has 0 aliphatic heterocycles. The zero-order valence-electron chi connectivity index (χ0n) is 13.5. The Morgan fingerprint density at radius 2 is 1.78 bits per heavy atom. The highest BCUT2D eigenvalue weighted by molar-refractivity contribution is 5.80. The first-order valence-electron chi connectivity index (χ1n) is 8.25. The van der Waals surface area contributed by atoms with Crippen LogP contribution in [0.3, 0.4) is 0 Å². The fraction of sp³-hybridized carbons (Fsp3) is 0.300. The fourth-order valence-corrected chi connectivity index (χ4v) is 2.85. The Labute approximate surface area is 137 Å². The number of hydrogen-bond acceptors (Lipinski definition) is 2. The Kier molecular flexibility index (Phi) is 5.11. The van der Waals surface area contributed by atoms with Crippen LogP contribution in [-0.2, 0) is 6.42 Å². The van der Waals surface area contributed by atoms with Gasteiger partial charge in [0.05, 0.1) is 6.10 Å². The standard InChI is InChI=1S/C20H24N2O/c1-15(21-14-20(23)16-7-3-2-4-8-16)11-12-18-13-17-9-5-6-10-19(17)22-18/h2-10,13,15,20-23H,11-12,14H2,1H3. The molecule has 2 unspecified atom stereocenters. The summed E-state index contributed by atoms with van der Waals surface area (Å²) in [5, 5.41) is 14.9. The third-order valence-corrected chi connectivity index (χ3v) is 4.28. The Balaban J connectivity index is 1.47. The summed E-state index contributed by atoms with van der Waals surface area (Å²) in [6, 6.07) is 20.7. The molecule has 3 rings (SSSR count). The fourth-order valence-electron chi connectivity index (χ4n) is 2.85. The molecule has 1 heterocycles.